The summed E-state index contributed by atoms with van der Waals surface area (Å²) in [5, 5.41) is 10.7. The van der Waals surface area contributed by atoms with Gasteiger partial charge in [-0.2, -0.15) is 5.10 Å². The van der Waals surface area contributed by atoms with Crippen molar-refractivity contribution in [2.24, 2.45) is 0 Å². The molecule has 0 unspecified atom stereocenters. The Kier molecular flexibility index (Phi) is 3.17. The third-order valence-electron chi connectivity index (χ3n) is 3.79. The van der Waals surface area contributed by atoms with E-state index >= 15 is 0 Å². The van der Waals surface area contributed by atoms with E-state index in [2.05, 4.69) is 40.5 Å². The molecule has 1 heterocycles. The van der Waals surface area contributed by atoms with Crippen LogP contribution in [0.1, 0.15) is 0 Å². The van der Waals surface area contributed by atoms with Gasteiger partial charge in [-0.15, -0.1) is 0 Å². The van der Waals surface area contributed by atoms with E-state index in [0.29, 0.717) is 0 Å². The first kappa shape index (κ1) is 13.1. The van der Waals surface area contributed by atoms with Crippen LogP contribution in [0.4, 0.5) is 0 Å². The molecule has 0 spiro atoms. The molecule has 0 atom stereocenters. The summed E-state index contributed by atoms with van der Waals surface area (Å²) in [5.41, 5.74) is 3.89. The molecule has 0 amide bonds. The summed E-state index contributed by atoms with van der Waals surface area (Å²) in [5.74, 6) is 0. The summed E-state index contributed by atoms with van der Waals surface area (Å²) in [4.78, 5) is 0. The molecule has 0 bridgehead atoms. The number of rotatable bonds is 2. The predicted molar refractivity (Wildman–Crippen MR) is 92.0 cm³/mol. The van der Waals surface area contributed by atoms with Crippen molar-refractivity contribution in [3.05, 3.63) is 77.8 Å². The number of fused-ring (bicyclic) bond motifs is 1. The van der Waals surface area contributed by atoms with Crippen LogP contribution < -0.4 is 0 Å². The number of benzene rings is 3. The van der Waals surface area contributed by atoms with Crippen molar-refractivity contribution in [2.75, 3.05) is 0 Å². The standard InChI is InChI=1S/C19H13ClN2/c20-17-8-4-3-7-16(17)19-12-18(21-22-19)15-10-9-13-5-1-2-6-14(13)11-15/h1-12H,(H,21,22). The molecule has 2 nitrogen and oxygen atoms in total. The number of hydrogen-bond donors (Lipinski definition) is 1. The third-order valence-corrected chi connectivity index (χ3v) is 4.12. The molecule has 0 saturated carbocycles. The number of aromatic amines is 1. The lowest BCUT2D eigenvalue weighted by Gasteiger charge is -2.01. The molecule has 0 radical (unpaired) electrons. The third kappa shape index (κ3) is 2.28. The van der Waals surface area contributed by atoms with Gasteiger partial charge in [-0.05, 0) is 29.0 Å². The van der Waals surface area contributed by atoms with Crippen LogP contribution in [0.15, 0.2) is 72.8 Å². The Bertz CT molecular complexity index is 956. The zero-order valence-corrected chi connectivity index (χ0v) is 12.5. The van der Waals surface area contributed by atoms with Crippen molar-refractivity contribution >= 4 is 22.4 Å². The average Bonchev–Trinajstić information content (AvgIpc) is 3.04. The second-order valence-electron chi connectivity index (χ2n) is 5.21. The van der Waals surface area contributed by atoms with E-state index in [1.54, 1.807) is 0 Å². The lowest BCUT2D eigenvalue weighted by Crippen LogP contribution is -1.79. The summed E-state index contributed by atoms with van der Waals surface area (Å²) < 4.78 is 0. The topological polar surface area (TPSA) is 28.7 Å². The van der Waals surface area contributed by atoms with Crippen LogP contribution >= 0.6 is 11.6 Å². The molecule has 4 aromatic rings. The van der Waals surface area contributed by atoms with Gasteiger partial charge in [0.15, 0.2) is 0 Å². The smallest absolute Gasteiger partial charge is 0.0927 e. The van der Waals surface area contributed by atoms with Crippen LogP contribution in [0.25, 0.3) is 33.3 Å². The zero-order valence-electron chi connectivity index (χ0n) is 11.8. The van der Waals surface area contributed by atoms with E-state index in [4.69, 9.17) is 11.6 Å². The van der Waals surface area contributed by atoms with Gasteiger partial charge in [-0.25, -0.2) is 0 Å². The van der Waals surface area contributed by atoms with E-state index in [1.807, 2.05) is 42.5 Å². The van der Waals surface area contributed by atoms with Crippen molar-refractivity contribution in [1.82, 2.24) is 10.2 Å². The van der Waals surface area contributed by atoms with Gasteiger partial charge >= 0.3 is 0 Å². The number of aromatic nitrogens is 2. The van der Waals surface area contributed by atoms with Crippen molar-refractivity contribution in [1.29, 1.82) is 0 Å². The maximum atomic E-state index is 6.24. The number of nitrogens with one attached hydrogen (secondary N) is 1. The highest BCUT2D eigenvalue weighted by Crippen LogP contribution is 2.30. The van der Waals surface area contributed by atoms with E-state index < -0.39 is 0 Å². The summed E-state index contributed by atoms with van der Waals surface area (Å²) >= 11 is 6.24. The number of hydrogen-bond acceptors (Lipinski definition) is 1. The molecule has 106 valence electrons. The Hall–Kier alpha value is -2.58. The van der Waals surface area contributed by atoms with E-state index in [0.717, 1.165) is 27.5 Å². The average molecular weight is 305 g/mol. The van der Waals surface area contributed by atoms with Gasteiger partial charge in [0.25, 0.3) is 0 Å². The maximum absolute atomic E-state index is 6.24. The van der Waals surface area contributed by atoms with Crippen molar-refractivity contribution in [3.8, 4) is 22.5 Å². The molecule has 3 aromatic carbocycles. The largest absolute Gasteiger partial charge is 0.277 e. The van der Waals surface area contributed by atoms with Gasteiger partial charge < -0.3 is 0 Å². The first-order valence-corrected chi connectivity index (χ1v) is 7.48. The van der Waals surface area contributed by atoms with Gasteiger partial charge in [0, 0.05) is 16.1 Å². The Morgan fingerprint density at radius 3 is 2.41 bits per heavy atom. The fourth-order valence-corrected chi connectivity index (χ4v) is 2.87. The maximum Gasteiger partial charge on any atom is 0.0927 e. The van der Waals surface area contributed by atoms with Crippen molar-refractivity contribution in [3.63, 3.8) is 0 Å². The summed E-state index contributed by atoms with van der Waals surface area (Å²) in [7, 11) is 0. The lowest BCUT2D eigenvalue weighted by atomic mass is 10.0. The van der Waals surface area contributed by atoms with Crippen LogP contribution in [0.2, 0.25) is 5.02 Å². The second kappa shape index (κ2) is 5.32. The van der Waals surface area contributed by atoms with Gasteiger partial charge in [0.1, 0.15) is 0 Å². The molecule has 3 heteroatoms. The Balaban J connectivity index is 1.78. The quantitative estimate of drug-likeness (QED) is 0.516. The molecule has 0 saturated heterocycles. The molecular formula is C19H13ClN2. The van der Waals surface area contributed by atoms with Crippen LogP contribution in [0.3, 0.4) is 0 Å². The lowest BCUT2D eigenvalue weighted by molar-refractivity contribution is 1.10. The molecule has 0 aliphatic heterocycles. The molecular weight excluding hydrogens is 292 g/mol. The number of H-pyrrole nitrogens is 1. The summed E-state index contributed by atoms with van der Waals surface area (Å²) in [6.45, 7) is 0. The highest BCUT2D eigenvalue weighted by molar-refractivity contribution is 6.33. The molecule has 0 aliphatic carbocycles. The first-order valence-electron chi connectivity index (χ1n) is 7.11. The summed E-state index contributed by atoms with van der Waals surface area (Å²) in [6.07, 6.45) is 0. The zero-order chi connectivity index (χ0) is 14.9. The Labute approximate surface area is 133 Å². The fourth-order valence-electron chi connectivity index (χ4n) is 2.64. The minimum atomic E-state index is 0.719. The fraction of sp³-hybridized carbons (Fsp3) is 0. The Morgan fingerprint density at radius 2 is 1.55 bits per heavy atom. The molecule has 1 N–H and O–H groups in total. The highest BCUT2D eigenvalue weighted by Gasteiger charge is 2.08. The Morgan fingerprint density at radius 1 is 0.773 bits per heavy atom. The van der Waals surface area contributed by atoms with E-state index in [9.17, 15) is 0 Å². The molecule has 22 heavy (non-hydrogen) atoms. The molecule has 1 aromatic heterocycles. The molecule has 4 rings (SSSR count). The van der Waals surface area contributed by atoms with Gasteiger partial charge in [-0.1, -0.05) is 66.2 Å². The van der Waals surface area contributed by atoms with Gasteiger partial charge in [0.05, 0.1) is 11.4 Å². The molecule has 0 aliphatic rings. The van der Waals surface area contributed by atoms with Crippen molar-refractivity contribution < 1.29 is 0 Å². The van der Waals surface area contributed by atoms with E-state index in [1.165, 1.54) is 10.8 Å². The van der Waals surface area contributed by atoms with Crippen LogP contribution in [0, 0.1) is 0 Å². The number of halogens is 1. The van der Waals surface area contributed by atoms with Gasteiger partial charge in [0.2, 0.25) is 0 Å². The van der Waals surface area contributed by atoms with E-state index in [-0.39, 0.29) is 0 Å². The van der Waals surface area contributed by atoms with Crippen LogP contribution in [-0.2, 0) is 0 Å². The first-order chi connectivity index (χ1) is 10.8. The monoisotopic (exact) mass is 304 g/mol. The minimum absolute atomic E-state index is 0.719. The van der Waals surface area contributed by atoms with Crippen molar-refractivity contribution in [2.45, 2.75) is 0 Å². The highest BCUT2D eigenvalue weighted by atomic mass is 35.5. The number of nitrogens with zero attached hydrogens (tertiary/aromatic N) is 1. The molecule has 0 fully saturated rings. The van der Waals surface area contributed by atoms with Crippen LogP contribution in [-0.4, -0.2) is 10.2 Å². The van der Waals surface area contributed by atoms with Gasteiger partial charge in [-0.3, -0.25) is 5.10 Å². The second-order valence-corrected chi connectivity index (χ2v) is 5.62. The SMILES string of the molecule is Clc1ccccc1-c1cc(-c2ccc3ccccc3c2)n[nH]1. The predicted octanol–water partition coefficient (Wildman–Crippen LogP) is 5.55. The van der Waals surface area contributed by atoms with Crippen LogP contribution in [0.5, 0.6) is 0 Å². The normalized spacial score (nSPS) is 11.0. The summed E-state index contributed by atoms with van der Waals surface area (Å²) in [6, 6.07) is 24.5. The minimum Gasteiger partial charge on any atom is -0.277 e.